The molecule has 1 N–H and O–H groups in total. The van der Waals surface area contributed by atoms with Crippen molar-refractivity contribution in [3.63, 3.8) is 0 Å². The van der Waals surface area contributed by atoms with Crippen LogP contribution in [-0.2, 0) is 9.53 Å². The Bertz CT molecular complexity index is 706. The van der Waals surface area contributed by atoms with Crippen molar-refractivity contribution in [2.24, 2.45) is 5.92 Å². The normalized spacial score (nSPS) is 29.2. The van der Waals surface area contributed by atoms with Crippen molar-refractivity contribution in [1.29, 1.82) is 0 Å². The summed E-state index contributed by atoms with van der Waals surface area (Å²) in [5, 5.41) is 9.21. The standard InChI is InChI=1S/C15H13F7O4/c1-5-8(11(12(23)24)26-14(5,2)15(20,21)22)6-3-4-7(16)9(17)10(6)25-13(18)19/h3-5,8,11,13H,1-2H3,(H,23,24). The summed E-state index contributed by atoms with van der Waals surface area (Å²) in [5.41, 5.74) is -3.61. The molecule has 1 aliphatic heterocycles. The van der Waals surface area contributed by atoms with Crippen molar-refractivity contribution in [3.05, 3.63) is 29.3 Å². The molecule has 0 aromatic heterocycles. The van der Waals surface area contributed by atoms with Crippen LogP contribution in [0.15, 0.2) is 12.1 Å². The highest BCUT2D eigenvalue weighted by Crippen LogP contribution is 2.54. The number of halogens is 7. The molecule has 146 valence electrons. The summed E-state index contributed by atoms with van der Waals surface area (Å²) in [6.45, 7) is -2.03. The van der Waals surface area contributed by atoms with E-state index in [9.17, 15) is 40.6 Å². The molecule has 2 rings (SSSR count). The topological polar surface area (TPSA) is 55.8 Å². The van der Waals surface area contributed by atoms with Gasteiger partial charge in [0.05, 0.1) is 0 Å². The van der Waals surface area contributed by atoms with Crippen molar-refractivity contribution >= 4 is 5.97 Å². The molecule has 0 radical (unpaired) electrons. The van der Waals surface area contributed by atoms with Crippen molar-refractivity contribution in [1.82, 2.24) is 0 Å². The van der Waals surface area contributed by atoms with Crippen molar-refractivity contribution in [2.75, 3.05) is 0 Å². The lowest BCUT2D eigenvalue weighted by Gasteiger charge is -2.32. The first-order valence-electron chi connectivity index (χ1n) is 7.21. The Morgan fingerprint density at radius 2 is 1.88 bits per heavy atom. The van der Waals surface area contributed by atoms with E-state index < -0.39 is 65.2 Å². The molecule has 4 unspecified atom stereocenters. The maximum Gasteiger partial charge on any atom is 0.417 e. The quantitative estimate of drug-likeness (QED) is 0.787. The number of hydrogen-bond acceptors (Lipinski definition) is 3. The van der Waals surface area contributed by atoms with Crippen LogP contribution in [0.25, 0.3) is 0 Å². The number of alkyl halides is 5. The molecule has 11 heteroatoms. The first kappa shape index (κ1) is 20.3. The van der Waals surface area contributed by atoms with Crippen LogP contribution in [0.1, 0.15) is 25.3 Å². The van der Waals surface area contributed by atoms with Crippen molar-refractivity contribution < 1.29 is 50.1 Å². The van der Waals surface area contributed by atoms with Crippen LogP contribution >= 0.6 is 0 Å². The van der Waals surface area contributed by atoms with Gasteiger partial charge in [-0.05, 0) is 13.0 Å². The van der Waals surface area contributed by atoms with Crippen molar-refractivity contribution in [2.45, 2.75) is 44.3 Å². The molecular weight excluding hydrogens is 377 g/mol. The van der Waals surface area contributed by atoms with E-state index in [1.807, 2.05) is 0 Å². The zero-order valence-electron chi connectivity index (χ0n) is 13.3. The Balaban J connectivity index is 2.65. The minimum absolute atomic E-state index is 0.484. The molecule has 0 saturated carbocycles. The summed E-state index contributed by atoms with van der Waals surface area (Å²) in [6.07, 6.45) is -7.14. The van der Waals surface area contributed by atoms with E-state index in [2.05, 4.69) is 4.74 Å². The fourth-order valence-corrected chi connectivity index (χ4v) is 3.03. The smallest absolute Gasteiger partial charge is 0.417 e. The molecule has 1 saturated heterocycles. The third kappa shape index (κ3) is 3.19. The van der Waals surface area contributed by atoms with Crippen LogP contribution in [0.3, 0.4) is 0 Å². The molecule has 26 heavy (non-hydrogen) atoms. The Labute approximate surface area is 142 Å². The first-order valence-corrected chi connectivity index (χ1v) is 7.21. The van der Waals surface area contributed by atoms with Gasteiger partial charge in [0, 0.05) is 17.4 Å². The van der Waals surface area contributed by atoms with E-state index in [4.69, 9.17) is 4.74 Å². The molecule has 0 bridgehead atoms. The second-order valence-corrected chi connectivity index (χ2v) is 5.95. The Morgan fingerprint density at radius 3 is 2.35 bits per heavy atom. The average Bonchev–Trinajstić information content (AvgIpc) is 2.77. The maximum absolute atomic E-state index is 13.9. The lowest BCUT2D eigenvalue weighted by atomic mass is 9.77. The second-order valence-electron chi connectivity index (χ2n) is 5.95. The first-order chi connectivity index (χ1) is 11.8. The van der Waals surface area contributed by atoms with E-state index in [-0.39, 0.29) is 0 Å². The fraction of sp³-hybridized carbons (Fsp3) is 0.533. The van der Waals surface area contributed by atoms with Crippen molar-refractivity contribution in [3.8, 4) is 5.75 Å². The zero-order valence-corrected chi connectivity index (χ0v) is 13.3. The van der Waals surface area contributed by atoms with Crippen LogP contribution in [-0.4, -0.2) is 35.6 Å². The summed E-state index contributed by atoms with van der Waals surface area (Å²) in [6, 6.07) is 1.19. The van der Waals surface area contributed by atoms with E-state index >= 15 is 0 Å². The van der Waals surface area contributed by atoms with E-state index in [0.29, 0.717) is 19.1 Å². The minimum Gasteiger partial charge on any atom is -0.479 e. The number of carbonyl (C=O) groups is 1. The average molecular weight is 390 g/mol. The predicted octanol–water partition coefficient (Wildman–Crippen LogP) is 4.09. The van der Waals surface area contributed by atoms with Crippen LogP contribution in [0, 0.1) is 17.6 Å². The van der Waals surface area contributed by atoms with Gasteiger partial charge in [0.15, 0.2) is 23.3 Å². The minimum atomic E-state index is -5.00. The molecule has 0 aliphatic carbocycles. The lowest BCUT2D eigenvalue weighted by molar-refractivity contribution is -0.273. The van der Waals surface area contributed by atoms with Gasteiger partial charge in [-0.2, -0.15) is 26.3 Å². The highest BCUT2D eigenvalue weighted by molar-refractivity contribution is 5.75. The second kappa shape index (κ2) is 6.60. The molecule has 1 heterocycles. The number of hydrogen-bond donors (Lipinski definition) is 1. The van der Waals surface area contributed by atoms with Crippen LogP contribution < -0.4 is 4.74 Å². The van der Waals surface area contributed by atoms with Crippen LogP contribution in [0.5, 0.6) is 5.75 Å². The van der Waals surface area contributed by atoms with Gasteiger partial charge in [-0.3, -0.25) is 0 Å². The summed E-state index contributed by atoms with van der Waals surface area (Å²) in [5.74, 6) is -9.96. The molecule has 4 atom stereocenters. The summed E-state index contributed by atoms with van der Waals surface area (Å²) in [7, 11) is 0. The van der Waals surface area contributed by atoms with Gasteiger partial charge in [0.25, 0.3) is 0 Å². The molecule has 0 spiro atoms. The Hall–Kier alpha value is -2.04. The SMILES string of the molecule is CC1C(c2ccc(F)c(F)c2OC(F)F)C(C(=O)O)OC1(C)C(F)(F)F. The number of aliphatic carboxylic acids is 1. The Morgan fingerprint density at radius 1 is 1.31 bits per heavy atom. The third-order valence-electron chi connectivity index (χ3n) is 4.56. The van der Waals surface area contributed by atoms with Gasteiger partial charge in [-0.1, -0.05) is 13.0 Å². The largest absolute Gasteiger partial charge is 0.479 e. The van der Waals surface area contributed by atoms with Gasteiger partial charge in [-0.25, -0.2) is 9.18 Å². The monoisotopic (exact) mass is 390 g/mol. The molecular formula is C15H13F7O4. The molecule has 1 aromatic rings. The number of benzene rings is 1. The molecule has 1 aliphatic rings. The molecule has 1 aromatic carbocycles. The Kier molecular flexibility index (Phi) is 5.15. The van der Waals surface area contributed by atoms with Gasteiger partial charge in [0.1, 0.15) is 0 Å². The predicted molar refractivity (Wildman–Crippen MR) is 71.9 cm³/mol. The molecule has 1 fully saturated rings. The van der Waals surface area contributed by atoms with Gasteiger partial charge in [0.2, 0.25) is 5.82 Å². The van der Waals surface area contributed by atoms with Crippen LogP contribution in [0.2, 0.25) is 0 Å². The number of rotatable bonds is 4. The maximum atomic E-state index is 13.9. The number of ether oxygens (including phenoxy) is 2. The highest BCUT2D eigenvalue weighted by Gasteiger charge is 2.66. The molecule has 4 nitrogen and oxygen atoms in total. The fourth-order valence-electron chi connectivity index (χ4n) is 3.03. The molecule has 0 amide bonds. The van der Waals surface area contributed by atoms with Gasteiger partial charge >= 0.3 is 18.8 Å². The lowest BCUT2D eigenvalue weighted by Crippen LogP contribution is -2.47. The summed E-state index contributed by atoms with van der Waals surface area (Å²) in [4.78, 5) is 11.4. The van der Waals surface area contributed by atoms with E-state index in [1.54, 1.807) is 0 Å². The van der Waals surface area contributed by atoms with E-state index in [0.717, 1.165) is 6.92 Å². The number of carboxylic acid groups (broad SMARTS) is 1. The van der Waals surface area contributed by atoms with Crippen LogP contribution in [0.4, 0.5) is 30.7 Å². The summed E-state index contributed by atoms with van der Waals surface area (Å²) < 4.78 is 101. The summed E-state index contributed by atoms with van der Waals surface area (Å²) >= 11 is 0. The zero-order chi connectivity index (χ0) is 20.0. The highest BCUT2D eigenvalue weighted by atomic mass is 19.4. The third-order valence-corrected chi connectivity index (χ3v) is 4.56. The van der Waals surface area contributed by atoms with Gasteiger partial charge < -0.3 is 14.6 Å². The van der Waals surface area contributed by atoms with E-state index in [1.165, 1.54) is 0 Å². The van der Waals surface area contributed by atoms with Gasteiger partial charge in [-0.15, -0.1) is 0 Å². The number of carboxylic acids is 1.